The summed E-state index contributed by atoms with van der Waals surface area (Å²) in [6.45, 7) is 4.65. The van der Waals surface area contributed by atoms with E-state index in [1.807, 2.05) is 25.1 Å². The molecule has 0 fully saturated rings. The van der Waals surface area contributed by atoms with Crippen LogP contribution in [0.2, 0.25) is 0 Å². The highest BCUT2D eigenvalue weighted by Crippen LogP contribution is 2.17. The van der Waals surface area contributed by atoms with Crippen molar-refractivity contribution in [2.45, 2.75) is 20.4 Å². The van der Waals surface area contributed by atoms with E-state index in [9.17, 15) is 4.79 Å². The molecule has 120 valence electrons. The lowest BCUT2D eigenvalue weighted by Gasteiger charge is -2.13. The average molecular weight is 329 g/mol. The number of hydrogen-bond donors (Lipinski definition) is 2. The van der Waals surface area contributed by atoms with E-state index in [0.29, 0.717) is 23.8 Å². The molecule has 0 saturated carbocycles. The van der Waals surface area contributed by atoms with E-state index in [0.717, 1.165) is 16.8 Å². The Balaban J connectivity index is 1.94. The number of pyridine rings is 1. The Bertz CT molecular complexity index is 689. The lowest BCUT2D eigenvalue weighted by Crippen LogP contribution is -2.28. The zero-order valence-electron chi connectivity index (χ0n) is 13.1. The summed E-state index contributed by atoms with van der Waals surface area (Å²) in [7, 11) is 0. The molecule has 1 aromatic heterocycles. The van der Waals surface area contributed by atoms with Crippen molar-refractivity contribution in [1.82, 2.24) is 10.3 Å². The first-order chi connectivity index (χ1) is 11.1. The Morgan fingerprint density at radius 3 is 2.83 bits per heavy atom. The van der Waals surface area contributed by atoms with Gasteiger partial charge in [-0.1, -0.05) is 6.07 Å². The molecule has 2 N–H and O–H groups in total. The van der Waals surface area contributed by atoms with E-state index in [1.54, 1.807) is 31.5 Å². The number of hydrogen-bond acceptors (Lipinski definition) is 4. The molecule has 6 heteroatoms. The minimum absolute atomic E-state index is 0.320. The monoisotopic (exact) mass is 329 g/mol. The van der Waals surface area contributed by atoms with Crippen molar-refractivity contribution in [3.8, 4) is 0 Å². The third-order valence-electron chi connectivity index (χ3n) is 3.16. The molecule has 0 aliphatic heterocycles. The van der Waals surface area contributed by atoms with Crippen LogP contribution < -0.4 is 10.6 Å². The standard InChI is InChI=1S/C17H19N3O2S/c1-3-22-16(21)14-6-7-15(12(2)9-14)20-17(23)19-11-13-5-4-8-18-10-13/h4-10H,3,11H2,1-2H3,(H2,19,20,23). The molecule has 0 amide bonds. The Labute approximate surface area is 141 Å². The van der Waals surface area contributed by atoms with Crippen molar-refractivity contribution in [1.29, 1.82) is 0 Å². The highest BCUT2D eigenvalue weighted by atomic mass is 32.1. The van der Waals surface area contributed by atoms with Crippen LogP contribution in [0.15, 0.2) is 42.7 Å². The average Bonchev–Trinajstić information content (AvgIpc) is 2.56. The molecule has 0 aliphatic rings. The lowest BCUT2D eigenvalue weighted by molar-refractivity contribution is 0.0526. The molecule has 0 spiro atoms. The summed E-state index contributed by atoms with van der Waals surface area (Å²) in [6.07, 6.45) is 3.52. The minimum Gasteiger partial charge on any atom is -0.462 e. The van der Waals surface area contributed by atoms with Crippen molar-refractivity contribution in [3.63, 3.8) is 0 Å². The summed E-state index contributed by atoms with van der Waals surface area (Å²) in [6, 6.07) is 9.18. The van der Waals surface area contributed by atoms with Gasteiger partial charge in [-0.05, 0) is 61.5 Å². The highest BCUT2D eigenvalue weighted by Gasteiger charge is 2.09. The number of thiocarbonyl (C=S) groups is 1. The largest absolute Gasteiger partial charge is 0.462 e. The van der Waals surface area contributed by atoms with E-state index in [1.165, 1.54) is 0 Å². The van der Waals surface area contributed by atoms with Gasteiger partial charge in [0, 0.05) is 24.6 Å². The van der Waals surface area contributed by atoms with Gasteiger partial charge in [0.25, 0.3) is 0 Å². The molecule has 0 saturated heterocycles. The van der Waals surface area contributed by atoms with Crippen LogP contribution in [0.5, 0.6) is 0 Å². The second-order valence-corrected chi connectivity index (χ2v) is 5.33. The number of nitrogens with one attached hydrogen (secondary N) is 2. The number of rotatable bonds is 5. The fourth-order valence-electron chi connectivity index (χ4n) is 2.00. The van der Waals surface area contributed by atoms with E-state index in [4.69, 9.17) is 17.0 Å². The molecule has 0 unspecified atom stereocenters. The summed E-state index contributed by atoms with van der Waals surface area (Å²) in [5, 5.41) is 6.76. The van der Waals surface area contributed by atoms with Crippen LogP contribution in [0, 0.1) is 6.92 Å². The van der Waals surface area contributed by atoms with Gasteiger partial charge in [0.1, 0.15) is 0 Å². The van der Waals surface area contributed by atoms with E-state index >= 15 is 0 Å². The smallest absolute Gasteiger partial charge is 0.338 e. The Hall–Kier alpha value is -2.47. The topological polar surface area (TPSA) is 63.2 Å². The van der Waals surface area contributed by atoms with Gasteiger partial charge < -0.3 is 15.4 Å². The number of carbonyl (C=O) groups is 1. The van der Waals surface area contributed by atoms with Crippen LogP contribution in [0.25, 0.3) is 0 Å². The van der Waals surface area contributed by atoms with Crippen LogP contribution in [-0.4, -0.2) is 22.7 Å². The van der Waals surface area contributed by atoms with Crippen LogP contribution in [0.3, 0.4) is 0 Å². The molecular weight excluding hydrogens is 310 g/mol. The second-order valence-electron chi connectivity index (χ2n) is 4.92. The molecule has 0 atom stereocenters. The predicted octanol–water partition coefficient (Wildman–Crippen LogP) is 3.05. The van der Waals surface area contributed by atoms with Crippen LogP contribution in [-0.2, 0) is 11.3 Å². The summed E-state index contributed by atoms with van der Waals surface area (Å²) >= 11 is 5.29. The summed E-state index contributed by atoms with van der Waals surface area (Å²) in [5.41, 5.74) is 3.35. The molecule has 2 rings (SSSR count). The predicted molar refractivity (Wildman–Crippen MR) is 94.4 cm³/mol. The summed E-state index contributed by atoms with van der Waals surface area (Å²) in [4.78, 5) is 15.8. The maximum Gasteiger partial charge on any atom is 0.338 e. The van der Waals surface area contributed by atoms with Gasteiger partial charge in [0.15, 0.2) is 5.11 Å². The number of aromatic nitrogens is 1. The van der Waals surface area contributed by atoms with Gasteiger partial charge in [0.05, 0.1) is 12.2 Å². The van der Waals surface area contributed by atoms with Gasteiger partial charge in [-0.3, -0.25) is 4.98 Å². The van der Waals surface area contributed by atoms with Gasteiger partial charge in [-0.2, -0.15) is 0 Å². The Morgan fingerprint density at radius 2 is 2.17 bits per heavy atom. The van der Waals surface area contributed by atoms with Crippen LogP contribution in [0.4, 0.5) is 5.69 Å². The van der Waals surface area contributed by atoms with Crippen molar-refractivity contribution < 1.29 is 9.53 Å². The first kappa shape index (κ1) is 16.9. The molecule has 0 bridgehead atoms. The van der Waals surface area contributed by atoms with E-state index in [-0.39, 0.29) is 5.97 Å². The normalized spacial score (nSPS) is 10.0. The number of benzene rings is 1. The maximum atomic E-state index is 11.7. The first-order valence-corrected chi connectivity index (χ1v) is 7.72. The third kappa shape index (κ3) is 5.03. The molecule has 0 aliphatic carbocycles. The van der Waals surface area contributed by atoms with Crippen molar-refractivity contribution in [2.75, 3.05) is 11.9 Å². The molecule has 2 aromatic rings. The number of aryl methyl sites for hydroxylation is 1. The van der Waals surface area contributed by atoms with Crippen LogP contribution in [0.1, 0.15) is 28.4 Å². The zero-order chi connectivity index (χ0) is 16.7. The van der Waals surface area contributed by atoms with Crippen molar-refractivity contribution in [2.24, 2.45) is 0 Å². The Morgan fingerprint density at radius 1 is 1.35 bits per heavy atom. The minimum atomic E-state index is -0.320. The molecule has 0 radical (unpaired) electrons. The number of carbonyl (C=O) groups excluding carboxylic acids is 1. The van der Waals surface area contributed by atoms with Gasteiger partial charge >= 0.3 is 5.97 Å². The SMILES string of the molecule is CCOC(=O)c1ccc(NC(=S)NCc2cccnc2)c(C)c1. The summed E-state index contributed by atoms with van der Waals surface area (Å²) < 4.78 is 4.99. The number of esters is 1. The third-order valence-corrected chi connectivity index (χ3v) is 3.41. The first-order valence-electron chi connectivity index (χ1n) is 7.31. The van der Waals surface area contributed by atoms with Crippen LogP contribution >= 0.6 is 12.2 Å². The van der Waals surface area contributed by atoms with Gasteiger partial charge in [0.2, 0.25) is 0 Å². The summed E-state index contributed by atoms with van der Waals surface area (Å²) in [5.74, 6) is -0.320. The van der Waals surface area contributed by atoms with Gasteiger partial charge in [-0.15, -0.1) is 0 Å². The fourth-order valence-corrected chi connectivity index (χ4v) is 2.18. The van der Waals surface area contributed by atoms with E-state index < -0.39 is 0 Å². The Kier molecular flexibility index (Phi) is 6.05. The second kappa shape index (κ2) is 8.24. The van der Waals surface area contributed by atoms with Crippen molar-refractivity contribution >= 4 is 29.0 Å². The van der Waals surface area contributed by atoms with E-state index in [2.05, 4.69) is 15.6 Å². The molecule has 5 nitrogen and oxygen atoms in total. The van der Waals surface area contributed by atoms with Crippen molar-refractivity contribution in [3.05, 3.63) is 59.4 Å². The zero-order valence-corrected chi connectivity index (χ0v) is 13.9. The number of ether oxygens (including phenoxy) is 1. The molecule has 23 heavy (non-hydrogen) atoms. The molecular formula is C17H19N3O2S. The number of nitrogens with zero attached hydrogens (tertiary/aromatic N) is 1. The quantitative estimate of drug-likeness (QED) is 0.649. The maximum absolute atomic E-state index is 11.7. The van der Waals surface area contributed by atoms with Gasteiger partial charge in [-0.25, -0.2) is 4.79 Å². The fraction of sp³-hybridized carbons (Fsp3) is 0.235. The lowest BCUT2D eigenvalue weighted by atomic mass is 10.1. The molecule has 1 aromatic carbocycles. The number of anilines is 1. The molecule has 1 heterocycles. The highest BCUT2D eigenvalue weighted by molar-refractivity contribution is 7.80.